The lowest BCUT2D eigenvalue weighted by Crippen LogP contribution is -2.23. The van der Waals surface area contributed by atoms with Crippen LogP contribution in [0.15, 0.2) is 54.6 Å². The van der Waals surface area contributed by atoms with E-state index in [1.54, 1.807) is 0 Å². The maximum Gasteiger partial charge on any atom is 0.0834 e. The van der Waals surface area contributed by atoms with Crippen molar-refractivity contribution in [1.29, 1.82) is 5.26 Å². The van der Waals surface area contributed by atoms with Gasteiger partial charge in [0.15, 0.2) is 0 Å². The molecule has 0 saturated carbocycles. The quantitative estimate of drug-likeness (QED) is 0.840. The molecule has 0 aliphatic heterocycles. The maximum atomic E-state index is 9.62. The standard InChI is InChI=1S/C18H20N2/c1-18(14-19,16-9-5-4-6-10-16)13-15-8-7-11-17(12-15)20(2)3/h4-12H,13H2,1-3H3. The molecule has 0 N–H and O–H groups in total. The molecule has 0 aliphatic carbocycles. The lowest BCUT2D eigenvalue weighted by atomic mass is 9.78. The second-order valence-electron chi connectivity index (χ2n) is 5.55. The molecule has 0 heterocycles. The maximum absolute atomic E-state index is 9.62. The summed E-state index contributed by atoms with van der Waals surface area (Å²) in [6.07, 6.45) is 0.717. The van der Waals surface area contributed by atoms with Crippen LogP contribution >= 0.6 is 0 Å². The molecule has 0 radical (unpaired) electrons. The predicted molar refractivity (Wildman–Crippen MR) is 83.9 cm³/mol. The van der Waals surface area contributed by atoms with Crippen LogP contribution in [-0.4, -0.2) is 14.1 Å². The molecule has 0 amide bonds. The van der Waals surface area contributed by atoms with Gasteiger partial charge in [-0.1, -0.05) is 42.5 Å². The first-order valence-corrected chi connectivity index (χ1v) is 6.78. The molecule has 0 aromatic heterocycles. The minimum atomic E-state index is -0.494. The fourth-order valence-electron chi connectivity index (χ4n) is 2.36. The Hall–Kier alpha value is -2.27. The highest BCUT2D eigenvalue weighted by Crippen LogP contribution is 2.28. The fourth-order valence-corrected chi connectivity index (χ4v) is 2.36. The van der Waals surface area contributed by atoms with Crippen LogP contribution in [0.25, 0.3) is 0 Å². The molecule has 1 atom stereocenters. The Morgan fingerprint density at radius 3 is 2.35 bits per heavy atom. The summed E-state index contributed by atoms with van der Waals surface area (Å²) in [6.45, 7) is 2.00. The largest absolute Gasteiger partial charge is 0.378 e. The van der Waals surface area contributed by atoms with E-state index in [2.05, 4.69) is 29.2 Å². The van der Waals surface area contributed by atoms with Crippen molar-refractivity contribution in [1.82, 2.24) is 0 Å². The van der Waals surface area contributed by atoms with Crippen LogP contribution in [0, 0.1) is 11.3 Å². The van der Waals surface area contributed by atoms with Crippen molar-refractivity contribution in [3.05, 3.63) is 65.7 Å². The summed E-state index contributed by atoms with van der Waals surface area (Å²) in [5.41, 5.74) is 2.92. The zero-order chi connectivity index (χ0) is 14.6. The summed E-state index contributed by atoms with van der Waals surface area (Å²) in [4.78, 5) is 2.08. The molecule has 2 aromatic carbocycles. The minimum absolute atomic E-state index is 0.494. The second kappa shape index (κ2) is 5.79. The van der Waals surface area contributed by atoms with Gasteiger partial charge in [0.1, 0.15) is 0 Å². The number of benzene rings is 2. The van der Waals surface area contributed by atoms with Gasteiger partial charge in [-0.05, 0) is 36.6 Å². The summed E-state index contributed by atoms with van der Waals surface area (Å²) in [7, 11) is 4.06. The van der Waals surface area contributed by atoms with Gasteiger partial charge in [0.2, 0.25) is 0 Å². The second-order valence-corrected chi connectivity index (χ2v) is 5.55. The van der Waals surface area contributed by atoms with E-state index in [0.717, 1.165) is 17.7 Å². The molecule has 2 aromatic rings. The first kappa shape index (κ1) is 14.1. The van der Waals surface area contributed by atoms with Crippen LogP contribution in [-0.2, 0) is 11.8 Å². The normalized spacial score (nSPS) is 13.3. The van der Waals surface area contributed by atoms with Crippen LogP contribution in [0.3, 0.4) is 0 Å². The Balaban J connectivity index is 2.32. The molecular weight excluding hydrogens is 244 g/mol. The van der Waals surface area contributed by atoms with Crippen molar-refractivity contribution >= 4 is 5.69 Å². The summed E-state index contributed by atoms with van der Waals surface area (Å²) >= 11 is 0. The number of rotatable bonds is 4. The molecule has 1 unspecified atom stereocenters. The predicted octanol–water partition coefficient (Wildman–Crippen LogP) is 3.78. The number of nitriles is 1. The van der Waals surface area contributed by atoms with Gasteiger partial charge in [0, 0.05) is 19.8 Å². The van der Waals surface area contributed by atoms with Crippen molar-refractivity contribution in [2.45, 2.75) is 18.8 Å². The first-order chi connectivity index (χ1) is 9.55. The molecule has 0 aliphatic rings. The van der Waals surface area contributed by atoms with Gasteiger partial charge in [-0.25, -0.2) is 0 Å². The lowest BCUT2D eigenvalue weighted by molar-refractivity contribution is 0.606. The van der Waals surface area contributed by atoms with Crippen LogP contribution in [0.4, 0.5) is 5.69 Å². The van der Waals surface area contributed by atoms with E-state index in [1.165, 1.54) is 5.56 Å². The van der Waals surface area contributed by atoms with Crippen LogP contribution in [0.1, 0.15) is 18.1 Å². The molecule has 0 bridgehead atoms. The van der Waals surface area contributed by atoms with E-state index in [1.807, 2.05) is 57.4 Å². The van der Waals surface area contributed by atoms with Crippen molar-refractivity contribution in [2.24, 2.45) is 0 Å². The lowest BCUT2D eigenvalue weighted by Gasteiger charge is -2.23. The molecule has 0 saturated heterocycles. The molecule has 2 rings (SSSR count). The Kier molecular flexibility index (Phi) is 4.10. The minimum Gasteiger partial charge on any atom is -0.378 e. The van der Waals surface area contributed by atoms with Gasteiger partial charge in [-0.2, -0.15) is 5.26 Å². The Bertz CT molecular complexity index is 611. The topological polar surface area (TPSA) is 27.0 Å². The van der Waals surface area contributed by atoms with Crippen LogP contribution in [0.5, 0.6) is 0 Å². The summed E-state index contributed by atoms with van der Waals surface area (Å²) in [5, 5.41) is 9.62. The number of hydrogen-bond acceptors (Lipinski definition) is 2. The van der Waals surface area contributed by atoms with Gasteiger partial charge < -0.3 is 4.90 Å². The molecular formula is C18H20N2. The van der Waals surface area contributed by atoms with Gasteiger partial charge >= 0.3 is 0 Å². The van der Waals surface area contributed by atoms with E-state index in [0.29, 0.717) is 0 Å². The van der Waals surface area contributed by atoms with E-state index in [-0.39, 0.29) is 0 Å². The highest BCUT2D eigenvalue weighted by atomic mass is 15.1. The van der Waals surface area contributed by atoms with Gasteiger partial charge in [-0.3, -0.25) is 0 Å². The van der Waals surface area contributed by atoms with Gasteiger partial charge in [0.25, 0.3) is 0 Å². The third-order valence-electron chi connectivity index (χ3n) is 3.64. The third-order valence-corrected chi connectivity index (χ3v) is 3.64. The SMILES string of the molecule is CN(C)c1cccc(CC(C)(C#N)c2ccccc2)c1. The molecule has 0 fully saturated rings. The Morgan fingerprint density at radius 1 is 1.05 bits per heavy atom. The number of anilines is 1. The Morgan fingerprint density at radius 2 is 1.75 bits per heavy atom. The van der Waals surface area contributed by atoms with E-state index >= 15 is 0 Å². The van der Waals surface area contributed by atoms with Crippen molar-refractivity contribution in [3.63, 3.8) is 0 Å². The highest BCUT2D eigenvalue weighted by Gasteiger charge is 2.26. The molecule has 20 heavy (non-hydrogen) atoms. The summed E-state index contributed by atoms with van der Waals surface area (Å²) < 4.78 is 0. The number of hydrogen-bond donors (Lipinski definition) is 0. The van der Waals surface area contributed by atoms with E-state index in [9.17, 15) is 5.26 Å². The zero-order valence-electron chi connectivity index (χ0n) is 12.3. The summed E-state index contributed by atoms with van der Waals surface area (Å²) in [5.74, 6) is 0. The zero-order valence-corrected chi connectivity index (χ0v) is 12.3. The van der Waals surface area contributed by atoms with Crippen LogP contribution in [0.2, 0.25) is 0 Å². The first-order valence-electron chi connectivity index (χ1n) is 6.78. The summed E-state index contributed by atoms with van der Waals surface area (Å²) in [6, 6.07) is 20.9. The molecule has 0 spiro atoms. The Labute approximate surface area is 121 Å². The van der Waals surface area contributed by atoms with Crippen molar-refractivity contribution in [2.75, 3.05) is 19.0 Å². The monoisotopic (exact) mass is 264 g/mol. The van der Waals surface area contributed by atoms with Crippen LogP contribution < -0.4 is 4.90 Å². The van der Waals surface area contributed by atoms with E-state index in [4.69, 9.17) is 0 Å². The van der Waals surface area contributed by atoms with Crippen molar-refractivity contribution < 1.29 is 0 Å². The van der Waals surface area contributed by atoms with Gasteiger partial charge in [-0.15, -0.1) is 0 Å². The average Bonchev–Trinajstić information content (AvgIpc) is 2.48. The molecule has 2 heteroatoms. The number of nitrogens with zero attached hydrogens (tertiary/aromatic N) is 2. The van der Waals surface area contributed by atoms with Gasteiger partial charge in [0.05, 0.1) is 11.5 Å². The van der Waals surface area contributed by atoms with E-state index < -0.39 is 5.41 Å². The van der Waals surface area contributed by atoms with Crippen molar-refractivity contribution in [3.8, 4) is 6.07 Å². The highest BCUT2D eigenvalue weighted by molar-refractivity contribution is 5.48. The third kappa shape index (κ3) is 3.00. The molecule has 102 valence electrons. The molecule has 2 nitrogen and oxygen atoms in total. The average molecular weight is 264 g/mol. The fraction of sp³-hybridized carbons (Fsp3) is 0.278. The smallest absolute Gasteiger partial charge is 0.0834 e.